The third kappa shape index (κ3) is 7.54. The van der Waals surface area contributed by atoms with Crippen LogP contribution in [0.2, 0.25) is 0 Å². The molecule has 2 unspecified atom stereocenters. The predicted octanol–water partition coefficient (Wildman–Crippen LogP) is 7.07. The van der Waals surface area contributed by atoms with Gasteiger partial charge in [0.1, 0.15) is 35.1 Å². The number of aryl methyl sites for hydroxylation is 2. The lowest BCUT2D eigenvalue weighted by Gasteiger charge is -2.30. The molecule has 2 aliphatic heterocycles. The molecule has 1 aliphatic carbocycles. The van der Waals surface area contributed by atoms with Crippen molar-refractivity contribution in [2.24, 2.45) is 11.8 Å². The molecule has 8 rings (SSSR count). The molecular formula is C44H52N8O7. The predicted molar refractivity (Wildman–Crippen MR) is 220 cm³/mol. The highest BCUT2D eigenvalue weighted by Gasteiger charge is 2.39. The number of imidazole rings is 2. The van der Waals surface area contributed by atoms with Gasteiger partial charge in [0, 0.05) is 35.2 Å². The molecule has 4 amide bonds. The molecule has 4 atom stereocenters. The van der Waals surface area contributed by atoms with Crippen molar-refractivity contribution in [2.75, 3.05) is 27.3 Å². The van der Waals surface area contributed by atoms with Crippen molar-refractivity contribution in [2.45, 2.75) is 90.4 Å². The normalized spacial score (nSPS) is 18.5. The number of carbonyl (C=O) groups excluding carboxylic acids is 4. The van der Waals surface area contributed by atoms with E-state index in [0.29, 0.717) is 13.1 Å². The lowest BCUT2D eigenvalue weighted by atomic mass is 9.88. The van der Waals surface area contributed by atoms with Crippen molar-refractivity contribution in [3.63, 3.8) is 0 Å². The average molecular weight is 805 g/mol. The number of hydrogen-bond donors (Lipinski definition) is 4. The first-order chi connectivity index (χ1) is 28.4. The number of rotatable bonds is 10. The number of aromatic amines is 2. The molecule has 15 heteroatoms. The van der Waals surface area contributed by atoms with E-state index in [2.05, 4.69) is 44.9 Å². The Hall–Kier alpha value is -6.12. The van der Waals surface area contributed by atoms with E-state index in [9.17, 15) is 19.2 Å². The van der Waals surface area contributed by atoms with E-state index in [4.69, 9.17) is 23.9 Å². The van der Waals surface area contributed by atoms with Crippen molar-refractivity contribution in [1.82, 2.24) is 40.4 Å². The number of carbonyl (C=O) groups is 4. The standard InChI is InChI=1S/C44H52N8O7/c1-23(2)36(49-43(55)57-5)41(53)51-17-7-9-33(51)39-45-21-31(47-39)26-12-14-28-25(19-26)11-15-29-30-20-27(13-16-35(30)59-38(28)29)32-22-46-40(48-32)34-10-8-18-52(34)42(54)37(24(3)4)50-44(56)58-6/h12-14,16,19-24,33-34,36-37H,7-11,15,17-18H2,1-6H3,(H,45,47)(H,46,48)(H,49,55)(H,50,56)/t33-,34-,36?,37?/m0/s1. The molecule has 2 saturated heterocycles. The Labute approximate surface area is 342 Å². The molecule has 4 N–H and O–H groups in total. The van der Waals surface area contributed by atoms with Crippen molar-refractivity contribution in [3.05, 3.63) is 71.6 Å². The number of nitrogens with one attached hydrogen (secondary N) is 4. The summed E-state index contributed by atoms with van der Waals surface area (Å²) in [5.41, 5.74) is 7.94. The van der Waals surface area contributed by atoms with Gasteiger partial charge in [-0.2, -0.15) is 0 Å². The second kappa shape index (κ2) is 16.3. The molecule has 0 spiro atoms. The van der Waals surface area contributed by atoms with Gasteiger partial charge in [-0.1, -0.05) is 39.8 Å². The van der Waals surface area contributed by atoms with Crippen molar-refractivity contribution in [1.29, 1.82) is 0 Å². The molecule has 0 saturated carbocycles. The summed E-state index contributed by atoms with van der Waals surface area (Å²) in [6.07, 6.45) is 7.29. The molecule has 5 heterocycles. The van der Waals surface area contributed by atoms with Crippen LogP contribution in [0.3, 0.4) is 0 Å². The number of ether oxygens (including phenoxy) is 2. The Bertz CT molecular complexity index is 2390. The number of aromatic nitrogens is 4. The molecule has 2 aromatic carbocycles. The summed E-state index contributed by atoms with van der Waals surface area (Å²) in [5.74, 6) is 1.82. The van der Waals surface area contributed by atoms with Gasteiger partial charge in [-0.15, -0.1) is 0 Å². The number of hydrogen-bond acceptors (Lipinski definition) is 9. The molecular weight excluding hydrogens is 753 g/mol. The lowest BCUT2D eigenvalue weighted by molar-refractivity contribution is -0.136. The molecule has 0 radical (unpaired) electrons. The van der Waals surface area contributed by atoms with E-state index in [1.165, 1.54) is 25.3 Å². The first kappa shape index (κ1) is 39.7. The van der Waals surface area contributed by atoms with Gasteiger partial charge in [-0.3, -0.25) is 9.59 Å². The topological polar surface area (TPSA) is 188 Å². The van der Waals surface area contributed by atoms with E-state index in [1.54, 1.807) is 0 Å². The summed E-state index contributed by atoms with van der Waals surface area (Å²) in [7, 11) is 2.58. The molecule has 310 valence electrons. The van der Waals surface area contributed by atoms with Gasteiger partial charge in [0.2, 0.25) is 11.8 Å². The zero-order valence-corrected chi connectivity index (χ0v) is 34.4. The molecule has 3 aliphatic rings. The number of benzene rings is 2. The van der Waals surface area contributed by atoms with Crippen LogP contribution in [-0.4, -0.2) is 93.1 Å². The largest absolute Gasteiger partial charge is 0.456 e. The number of alkyl carbamates (subject to hydrolysis) is 2. The average Bonchev–Trinajstić information content (AvgIpc) is 4.09. The van der Waals surface area contributed by atoms with E-state index < -0.39 is 24.3 Å². The zero-order chi connectivity index (χ0) is 41.5. The number of fused-ring (bicyclic) bond motifs is 5. The van der Waals surface area contributed by atoms with Gasteiger partial charge >= 0.3 is 12.2 Å². The van der Waals surface area contributed by atoms with Crippen LogP contribution < -0.4 is 10.6 Å². The van der Waals surface area contributed by atoms with Gasteiger partial charge in [0.05, 0.1) is 50.1 Å². The van der Waals surface area contributed by atoms with Gasteiger partial charge in [0.25, 0.3) is 0 Å². The van der Waals surface area contributed by atoms with Crippen LogP contribution in [0.15, 0.2) is 53.2 Å². The SMILES string of the molecule is COC(=O)NC(C(=O)N1CCC[C@H]1c1ncc(-c2ccc3c(c2)CCc2c-3oc3ccc(-c4cnc([C@@H]5CCCN5C(=O)C(NC(=O)OC)C(C)C)[nH]4)cc23)[nH]1)C(C)C. The summed E-state index contributed by atoms with van der Waals surface area (Å²) in [5, 5.41) is 6.48. The maximum Gasteiger partial charge on any atom is 0.407 e. The highest BCUT2D eigenvalue weighted by molar-refractivity contribution is 5.93. The van der Waals surface area contributed by atoms with Crippen molar-refractivity contribution < 1.29 is 33.1 Å². The summed E-state index contributed by atoms with van der Waals surface area (Å²) in [6, 6.07) is 10.7. The van der Waals surface area contributed by atoms with Gasteiger partial charge < -0.3 is 44.3 Å². The maximum absolute atomic E-state index is 13.7. The van der Waals surface area contributed by atoms with Crippen LogP contribution in [0.1, 0.15) is 88.2 Å². The van der Waals surface area contributed by atoms with Gasteiger partial charge in [0.15, 0.2) is 0 Å². The number of methoxy groups -OCH3 is 2. The molecule has 59 heavy (non-hydrogen) atoms. The highest BCUT2D eigenvalue weighted by Crippen LogP contribution is 2.43. The fourth-order valence-corrected chi connectivity index (χ4v) is 8.92. The Kier molecular flexibility index (Phi) is 10.9. The first-order valence-corrected chi connectivity index (χ1v) is 20.5. The van der Waals surface area contributed by atoms with E-state index in [-0.39, 0.29) is 35.7 Å². The van der Waals surface area contributed by atoms with Crippen molar-refractivity contribution in [3.8, 4) is 33.8 Å². The van der Waals surface area contributed by atoms with Crippen LogP contribution in [0.25, 0.3) is 44.8 Å². The Balaban J connectivity index is 0.995. The number of H-pyrrole nitrogens is 2. The molecule has 2 fully saturated rings. The second-order valence-electron chi connectivity index (χ2n) is 16.5. The smallest absolute Gasteiger partial charge is 0.407 e. The summed E-state index contributed by atoms with van der Waals surface area (Å²) in [4.78, 5) is 71.4. The lowest BCUT2D eigenvalue weighted by Crippen LogP contribution is -2.51. The van der Waals surface area contributed by atoms with Crippen LogP contribution >= 0.6 is 0 Å². The summed E-state index contributed by atoms with van der Waals surface area (Å²) < 4.78 is 16.1. The summed E-state index contributed by atoms with van der Waals surface area (Å²) >= 11 is 0. The zero-order valence-electron chi connectivity index (χ0n) is 34.4. The van der Waals surface area contributed by atoms with E-state index >= 15 is 0 Å². The highest BCUT2D eigenvalue weighted by atomic mass is 16.5. The Morgan fingerprint density at radius 2 is 1.27 bits per heavy atom. The van der Waals surface area contributed by atoms with Crippen LogP contribution in [0, 0.1) is 11.8 Å². The number of nitrogens with zero attached hydrogens (tertiary/aromatic N) is 4. The quantitative estimate of drug-likeness (QED) is 0.115. The molecule has 5 aromatic rings. The summed E-state index contributed by atoms with van der Waals surface area (Å²) in [6.45, 7) is 8.80. The minimum atomic E-state index is -0.698. The minimum Gasteiger partial charge on any atom is -0.456 e. The van der Waals surface area contributed by atoms with Crippen molar-refractivity contribution >= 4 is 35.0 Å². The van der Waals surface area contributed by atoms with Gasteiger partial charge in [-0.25, -0.2) is 19.6 Å². The number of likely N-dealkylation sites (tertiary alicyclic amines) is 2. The third-order valence-electron chi connectivity index (χ3n) is 12.1. The van der Waals surface area contributed by atoms with Gasteiger partial charge in [-0.05, 0) is 85.8 Å². The van der Waals surface area contributed by atoms with Crippen LogP contribution in [0.5, 0.6) is 0 Å². The molecule has 3 aromatic heterocycles. The fourth-order valence-electron chi connectivity index (χ4n) is 8.92. The minimum absolute atomic E-state index is 0.110. The Morgan fingerprint density at radius 1 is 0.746 bits per heavy atom. The monoisotopic (exact) mass is 804 g/mol. The fraction of sp³-hybridized carbons (Fsp3) is 0.455. The van der Waals surface area contributed by atoms with E-state index in [0.717, 1.165) is 95.0 Å². The molecule has 15 nitrogen and oxygen atoms in total. The van der Waals surface area contributed by atoms with Crippen LogP contribution in [-0.2, 0) is 31.9 Å². The van der Waals surface area contributed by atoms with E-state index in [1.807, 2.05) is 62.0 Å². The maximum atomic E-state index is 13.7. The number of amides is 4. The second-order valence-corrected chi connectivity index (χ2v) is 16.5. The third-order valence-corrected chi connectivity index (χ3v) is 12.1. The molecule has 0 bridgehead atoms. The van der Waals surface area contributed by atoms with Crippen LogP contribution in [0.4, 0.5) is 9.59 Å². The number of furan rings is 1. The first-order valence-electron chi connectivity index (χ1n) is 20.5. The Morgan fingerprint density at radius 3 is 1.80 bits per heavy atom.